The normalized spacial score (nSPS) is 12.1. The van der Waals surface area contributed by atoms with Gasteiger partial charge in [0.1, 0.15) is 11.4 Å². The number of hydrogen-bond acceptors (Lipinski definition) is 6. The molecule has 0 atom stereocenters. The van der Waals surface area contributed by atoms with Crippen LogP contribution in [0.5, 0.6) is 0 Å². The summed E-state index contributed by atoms with van der Waals surface area (Å²) in [6, 6.07) is 70.8. The van der Waals surface area contributed by atoms with Gasteiger partial charge in [-0.3, -0.25) is 0 Å². The first kappa shape index (κ1) is 35.6. The third-order valence-corrected chi connectivity index (χ3v) is 13.6. The lowest BCUT2D eigenvalue weighted by Crippen LogP contribution is -2.05. The van der Waals surface area contributed by atoms with Gasteiger partial charge in [-0.2, -0.15) is 0 Å². The molecule has 5 nitrogen and oxygen atoms in total. The van der Waals surface area contributed by atoms with Crippen molar-refractivity contribution in [3.8, 4) is 78.1 Å². The number of fused-ring (bicyclic) bond motifs is 9. The maximum absolute atomic E-state index is 5.49. The molecular formula is C57H33N5S. The highest BCUT2D eigenvalue weighted by molar-refractivity contribution is 7.25. The first-order valence-electron chi connectivity index (χ1n) is 21.1. The van der Waals surface area contributed by atoms with Crippen molar-refractivity contribution in [2.75, 3.05) is 0 Å². The lowest BCUT2D eigenvalue weighted by Gasteiger charge is -2.23. The van der Waals surface area contributed by atoms with E-state index in [2.05, 4.69) is 194 Å². The summed E-state index contributed by atoms with van der Waals surface area (Å²) in [5, 5.41) is 21.4. The molecule has 0 saturated carbocycles. The van der Waals surface area contributed by atoms with Crippen LogP contribution in [0, 0.1) is 10.4 Å². The average Bonchev–Trinajstić information content (AvgIpc) is 4.05. The maximum Gasteiger partial charge on any atom is 0.106 e. The Bertz CT molecular complexity index is 3900. The van der Waals surface area contributed by atoms with Gasteiger partial charge in [0.15, 0.2) is 0 Å². The predicted octanol–water partition coefficient (Wildman–Crippen LogP) is 13.7. The summed E-state index contributed by atoms with van der Waals surface area (Å²) >= 11 is 1.82. The largest absolute Gasteiger partial charge is 0.248 e. The van der Waals surface area contributed by atoms with Crippen LogP contribution < -0.4 is 10.7 Å². The summed E-state index contributed by atoms with van der Waals surface area (Å²) < 4.78 is 2.46. The third kappa shape index (κ3) is 5.52. The number of nitrogens with zero attached hydrogens (tertiary/aromatic N) is 5. The molecule has 13 rings (SSSR count). The molecule has 2 aliphatic rings. The van der Waals surface area contributed by atoms with Gasteiger partial charge < -0.3 is 0 Å². The van der Waals surface area contributed by atoms with Gasteiger partial charge in [-0.25, -0.2) is 9.98 Å². The van der Waals surface area contributed by atoms with Crippen LogP contribution in [0.15, 0.2) is 210 Å². The molecule has 0 aliphatic carbocycles. The average molecular weight is 820 g/mol. The minimum atomic E-state index is 0.726. The van der Waals surface area contributed by atoms with Crippen LogP contribution in [0.1, 0.15) is 0 Å². The van der Waals surface area contributed by atoms with Crippen LogP contribution in [-0.4, -0.2) is 15.4 Å². The van der Waals surface area contributed by atoms with Crippen LogP contribution in [0.3, 0.4) is 0 Å². The fraction of sp³-hybridized carbons (Fsp3) is 0. The van der Waals surface area contributed by atoms with Gasteiger partial charge >= 0.3 is 0 Å². The van der Waals surface area contributed by atoms with Crippen molar-refractivity contribution in [1.29, 1.82) is 0 Å². The number of rotatable bonds is 6. The lowest BCUT2D eigenvalue weighted by atomic mass is 9.80. The zero-order valence-electron chi connectivity index (χ0n) is 33.7. The van der Waals surface area contributed by atoms with Gasteiger partial charge in [0.25, 0.3) is 0 Å². The van der Waals surface area contributed by atoms with Crippen LogP contribution >= 0.6 is 11.3 Å². The van der Waals surface area contributed by atoms with E-state index >= 15 is 0 Å². The highest BCUT2D eigenvalue weighted by atomic mass is 32.1. The third-order valence-electron chi connectivity index (χ3n) is 12.5. The van der Waals surface area contributed by atoms with E-state index in [1.54, 1.807) is 0 Å². The molecule has 2 aliphatic heterocycles. The van der Waals surface area contributed by atoms with Gasteiger partial charge in [-0.05, 0) is 75.0 Å². The standard InChI is InChI=1S/C57H33N5S/c1-4-17-34(18-5-1)37-23-10-11-25-39(37)51-55(36-21-8-3-9-22-36)60-62-61-57(51)54-50(42-27-16-30-48-49(42)41-26-13-15-29-47(41)63-48)43(35-19-6-2-7-20-35)33-46-52(54)53-45(58-46)32-31-40-38-24-12-14-28-44(38)59-56(40)53/h1-33H. The monoisotopic (exact) mass is 819 g/mol. The molecule has 0 unspecified atom stereocenters. The quantitative estimate of drug-likeness (QED) is 0.168. The molecule has 4 heterocycles. The fourth-order valence-corrected chi connectivity index (χ4v) is 10.9. The molecule has 292 valence electrons. The minimum absolute atomic E-state index is 0.726. The molecule has 0 amide bonds. The first-order chi connectivity index (χ1) is 31.3. The number of benzene rings is 9. The number of aromatic nitrogens is 3. The van der Waals surface area contributed by atoms with Crippen LogP contribution in [0.4, 0.5) is 11.4 Å². The van der Waals surface area contributed by atoms with Gasteiger partial charge in [-0.1, -0.05) is 164 Å². The zero-order valence-corrected chi connectivity index (χ0v) is 34.5. The summed E-state index contributed by atoms with van der Waals surface area (Å²) in [6.07, 6.45) is 0. The summed E-state index contributed by atoms with van der Waals surface area (Å²) in [5.41, 5.74) is 15.5. The number of para-hydroxylation sites is 1. The Morgan fingerprint density at radius 1 is 0.349 bits per heavy atom. The van der Waals surface area contributed by atoms with Crippen molar-refractivity contribution in [1.82, 2.24) is 15.4 Å². The molecule has 6 heteroatoms. The van der Waals surface area contributed by atoms with Gasteiger partial charge in [-0.15, -0.1) is 21.5 Å². The zero-order chi connectivity index (χ0) is 41.4. The molecule has 63 heavy (non-hydrogen) atoms. The van der Waals surface area contributed by atoms with Crippen molar-refractivity contribution in [3.63, 3.8) is 0 Å². The van der Waals surface area contributed by atoms with Crippen LogP contribution in [0.2, 0.25) is 0 Å². The van der Waals surface area contributed by atoms with Crippen molar-refractivity contribution in [2.24, 2.45) is 9.98 Å². The smallest absolute Gasteiger partial charge is 0.106 e. The second kappa shape index (κ2) is 14.2. The van der Waals surface area contributed by atoms with Crippen LogP contribution in [-0.2, 0) is 0 Å². The predicted molar refractivity (Wildman–Crippen MR) is 257 cm³/mol. The molecule has 11 aromatic rings. The highest BCUT2D eigenvalue weighted by Crippen LogP contribution is 2.56. The summed E-state index contributed by atoms with van der Waals surface area (Å²) in [7, 11) is 0. The first-order valence-corrected chi connectivity index (χ1v) is 21.9. The van der Waals surface area contributed by atoms with E-state index in [9.17, 15) is 0 Å². The van der Waals surface area contributed by atoms with Crippen LogP contribution in [0.25, 0.3) is 98.3 Å². The second-order valence-electron chi connectivity index (χ2n) is 15.9. The van der Waals surface area contributed by atoms with Crippen molar-refractivity contribution < 1.29 is 0 Å². The lowest BCUT2D eigenvalue weighted by molar-refractivity contribution is 0.879. The Morgan fingerprint density at radius 3 is 1.79 bits per heavy atom. The SMILES string of the molecule is c1ccc(-c2ccccc2-c2c(-c3ccccc3)nnnc2-c2c3c(cc(-c4ccccc4)c2-c2cccc4sc5ccccc5c24)N=c2ccc4c(c2-3)N=c2ccccc2=4)cc1. The van der Waals surface area contributed by atoms with Crippen molar-refractivity contribution in [3.05, 3.63) is 221 Å². The second-order valence-corrected chi connectivity index (χ2v) is 17.0. The molecular weight excluding hydrogens is 787 g/mol. The van der Waals surface area contributed by atoms with E-state index in [4.69, 9.17) is 25.4 Å². The van der Waals surface area contributed by atoms with Gasteiger partial charge in [0, 0.05) is 64.0 Å². The van der Waals surface area contributed by atoms with E-state index in [0.29, 0.717) is 0 Å². The maximum atomic E-state index is 5.49. The van der Waals surface area contributed by atoms with Crippen molar-refractivity contribution >= 4 is 42.9 Å². The highest BCUT2D eigenvalue weighted by Gasteiger charge is 2.33. The Labute approximate surface area is 366 Å². The Hall–Kier alpha value is -8.19. The van der Waals surface area contributed by atoms with E-state index in [1.807, 2.05) is 17.4 Å². The topological polar surface area (TPSA) is 63.4 Å². The molecule has 9 aromatic carbocycles. The number of hydrogen-bond donors (Lipinski definition) is 0. The van der Waals surface area contributed by atoms with E-state index in [1.165, 1.54) is 20.2 Å². The van der Waals surface area contributed by atoms with E-state index in [-0.39, 0.29) is 0 Å². The van der Waals surface area contributed by atoms with Crippen molar-refractivity contribution in [2.45, 2.75) is 0 Å². The van der Waals surface area contributed by atoms with E-state index < -0.39 is 0 Å². The molecule has 0 bridgehead atoms. The molecule has 2 aromatic heterocycles. The Morgan fingerprint density at radius 2 is 0.984 bits per heavy atom. The molecule has 0 radical (unpaired) electrons. The summed E-state index contributed by atoms with van der Waals surface area (Å²) in [6.45, 7) is 0. The van der Waals surface area contributed by atoms with E-state index in [0.717, 1.165) is 111 Å². The van der Waals surface area contributed by atoms with Gasteiger partial charge in [0.2, 0.25) is 0 Å². The van der Waals surface area contributed by atoms with Gasteiger partial charge in [0.05, 0.1) is 22.1 Å². The molecule has 0 N–H and O–H groups in total. The minimum Gasteiger partial charge on any atom is -0.248 e. The number of thiophene rings is 1. The summed E-state index contributed by atoms with van der Waals surface area (Å²) in [5.74, 6) is 0. The Kier molecular flexibility index (Phi) is 8.01. The molecule has 0 spiro atoms. The molecule has 0 saturated heterocycles. The Balaban J connectivity index is 1.27. The summed E-state index contributed by atoms with van der Waals surface area (Å²) in [4.78, 5) is 10.9. The fourth-order valence-electron chi connectivity index (χ4n) is 9.78. The molecule has 0 fully saturated rings.